The highest BCUT2D eigenvalue weighted by Gasteiger charge is 2.38. The Hall–Kier alpha value is -2.67. The number of hydrogen-bond acceptors (Lipinski definition) is 6. The summed E-state index contributed by atoms with van der Waals surface area (Å²) in [4.78, 5) is 17.6. The maximum absolute atomic E-state index is 12.7. The standard InChI is InChI=1S/C25H31N3O3/c1-17-11-12-21(27-17)24(20-10-6-5-9-19(20)16-31-26)22-13-14-23(28-22)25(29)30-15-18-7-3-2-4-8-18/h2-10,14,17,21-22,24,27-28H,11-13,15-16,26H2,1H3. The fraction of sp³-hybridized carbons (Fsp3) is 0.400. The van der Waals surface area contributed by atoms with Gasteiger partial charge in [-0.3, -0.25) is 4.84 Å². The van der Waals surface area contributed by atoms with Crippen molar-refractivity contribution in [1.29, 1.82) is 0 Å². The third kappa shape index (κ3) is 5.15. The van der Waals surface area contributed by atoms with Gasteiger partial charge in [-0.15, -0.1) is 0 Å². The van der Waals surface area contributed by atoms with Gasteiger partial charge in [-0.2, -0.15) is 0 Å². The number of carbonyl (C=O) groups is 1. The molecule has 1 saturated heterocycles. The Bertz CT molecular complexity index is 915. The Labute approximate surface area is 183 Å². The molecule has 4 unspecified atom stereocenters. The summed E-state index contributed by atoms with van der Waals surface area (Å²) in [7, 11) is 0. The van der Waals surface area contributed by atoms with Crippen molar-refractivity contribution in [2.45, 2.75) is 63.4 Å². The van der Waals surface area contributed by atoms with Gasteiger partial charge in [0.15, 0.2) is 0 Å². The van der Waals surface area contributed by atoms with Crippen LogP contribution in [0.1, 0.15) is 48.8 Å². The molecule has 0 spiro atoms. The Morgan fingerprint density at radius 1 is 1.06 bits per heavy atom. The quantitative estimate of drug-likeness (QED) is 0.448. The number of benzene rings is 2. The van der Waals surface area contributed by atoms with E-state index in [2.05, 4.69) is 35.8 Å². The van der Waals surface area contributed by atoms with Crippen LogP contribution in [0.3, 0.4) is 0 Å². The van der Waals surface area contributed by atoms with Crippen LogP contribution in [-0.2, 0) is 27.6 Å². The minimum Gasteiger partial charge on any atom is -0.456 e. The number of ether oxygens (including phenoxy) is 1. The van der Waals surface area contributed by atoms with Crippen LogP contribution in [0.4, 0.5) is 0 Å². The molecule has 4 rings (SSSR count). The van der Waals surface area contributed by atoms with E-state index in [0.29, 0.717) is 24.4 Å². The maximum atomic E-state index is 12.7. The van der Waals surface area contributed by atoms with E-state index in [1.54, 1.807) is 0 Å². The van der Waals surface area contributed by atoms with Crippen LogP contribution < -0.4 is 16.5 Å². The van der Waals surface area contributed by atoms with E-state index in [1.807, 2.05) is 42.5 Å². The van der Waals surface area contributed by atoms with E-state index < -0.39 is 0 Å². The second kappa shape index (κ2) is 10.1. The van der Waals surface area contributed by atoms with Gasteiger partial charge < -0.3 is 15.4 Å². The Morgan fingerprint density at radius 2 is 1.84 bits per heavy atom. The van der Waals surface area contributed by atoms with Crippen molar-refractivity contribution in [3.63, 3.8) is 0 Å². The van der Waals surface area contributed by atoms with E-state index in [-0.39, 0.29) is 24.5 Å². The molecule has 0 amide bonds. The molecule has 1 fully saturated rings. The third-order valence-electron chi connectivity index (χ3n) is 6.28. The largest absolute Gasteiger partial charge is 0.456 e. The van der Waals surface area contributed by atoms with Gasteiger partial charge in [-0.05, 0) is 42.9 Å². The Morgan fingerprint density at radius 3 is 2.58 bits per heavy atom. The van der Waals surface area contributed by atoms with Crippen molar-refractivity contribution < 1.29 is 14.4 Å². The Kier molecular flexibility index (Phi) is 7.02. The van der Waals surface area contributed by atoms with Crippen LogP contribution in [-0.4, -0.2) is 24.1 Å². The number of rotatable bonds is 8. The zero-order valence-electron chi connectivity index (χ0n) is 17.9. The molecular formula is C25H31N3O3. The zero-order chi connectivity index (χ0) is 21.6. The number of carbonyl (C=O) groups excluding carboxylic acids is 1. The molecule has 6 heteroatoms. The van der Waals surface area contributed by atoms with Crippen molar-refractivity contribution in [1.82, 2.24) is 10.6 Å². The molecule has 164 valence electrons. The minimum absolute atomic E-state index is 0.0981. The highest BCUT2D eigenvalue weighted by atomic mass is 16.6. The van der Waals surface area contributed by atoms with E-state index in [4.69, 9.17) is 15.5 Å². The molecule has 4 atom stereocenters. The molecule has 31 heavy (non-hydrogen) atoms. The molecule has 0 aliphatic carbocycles. The molecule has 2 heterocycles. The number of nitrogens with one attached hydrogen (secondary N) is 2. The van der Waals surface area contributed by atoms with Crippen LogP contribution >= 0.6 is 0 Å². The number of hydrogen-bond donors (Lipinski definition) is 3. The number of nitrogens with two attached hydrogens (primary N) is 1. The predicted octanol–water partition coefficient (Wildman–Crippen LogP) is 3.29. The SMILES string of the molecule is CC1CCC(C(c2ccccc2CON)C2CC=C(C(=O)OCc3ccccc3)N2)N1. The van der Waals surface area contributed by atoms with Gasteiger partial charge in [0.1, 0.15) is 12.3 Å². The van der Waals surface area contributed by atoms with Gasteiger partial charge in [0, 0.05) is 24.0 Å². The minimum atomic E-state index is -0.309. The van der Waals surface area contributed by atoms with Gasteiger partial charge in [0.2, 0.25) is 0 Å². The second-order valence-corrected chi connectivity index (χ2v) is 8.45. The summed E-state index contributed by atoms with van der Waals surface area (Å²) in [6.45, 7) is 2.85. The van der Waals surface area contributed by atoms with Crippen molar-refractivity contribution in [2.24, 2.45) is 5.90 Å². The molecule has 4 N–H and O–H groups in total. The first-order chi connectivity index (χ1) is 15.2. The summed E-state index contributed by atoms with van der Waals surface area (Å²) in [5.74, 6) is 5.28. The number of esters is 1. The monoisotopic (exact) mass is 421 g/mol. The van der Waals surface area contributed by atoms with Crippen molar-refractivity contribution in [3.8, 4) is 0 Å². The first-order valence-corrected chi connectivity index (χ1v) is 11.0. The van der Waals surface area contributed by atoms with E-state index in [1.165, 1.54) is 5.56 Å². The van der Waals surface area contributed by atoms with Crippen LogP contribution in [0, 0.1) is 0 Å². The average molecular weight is 422 g/mol. The molecule has 2 aliphatic heterocycles. The molecule has 2 aliphatic rings. The third-order valence-corrected chi connectivity index (χ3v) is 6.28. The lowest BCUT2D eigenvalue weighted by molar-refractivity contribution is -0.140. The lowest BCUT2D eigenvalue weighted by Crippen LogP contribution is -2.43. The Balaban J connectivity index is 1.48. The molecule has 6 nitrogen and oxygen atoms in total. The van der Waals surface area contributed by atoms with Crippen LogP contribution in [0.15, 0.2) is 66.4 Å². The van der Waals surface area contributed by atoms with Gasteiger partial charge in [0.05, 0.1) is 6.61 Å². The normalized spacial score (nSPS) is 23.8. The van der Waals surface area contributed by atoms with Crippen LogP contribution in [0.2, 0.25) is 0 Å². The second-order valence-electron chi connectivity index (χ2n) is 8.45. The van der Waals surface area contributed by atoms with E-state index in [0.717, 1.165) is 30.4 Å². The summed E-state index contributed by atoms with van der Waals surface area (Å²) in [6, 6.07) is 18.9. The van der Waals surface area contributed by atoms with E-state index in [9.17, 15) is 4.79 Å². The smallest absolute Gasteiger partial charge is 0.354 e. The summed E-state index contributed by atoms with van der Waals surface area (Å²) in [5.41, 5.74) is 3.82. The average Bonchev–Trinajstić information content (AvgIpc) is 3.44. The molecular weight excluding hydrogens is 390 g/mol. The lowest BCUT2D eigenvalue weighted by Gasteiger charge is -2.32. The summed E-state index contributed by atoms with van der Waals surface area (Å²) < 4.78 is 5.53. The zero-order valence-corrected chi connectivity index (χ0v) is 17.9. The van der Waals surface area contributed by atoms with E-state index >= 15 is 0 Å². The fourth-order valence-electron chi connectivity index (χ4n) is 4.78. The highest BCUT2D eigenvalue weighted by molar-refractivity contribution is 5.88. The van der Waals surface area contributed by atoms with Crippen LogP contribution in [0.25, 0.3) is 0 Å². The first-order valence-electron chi connectivity index (χ1n) is 11.0. The van der Waals surface area contributed by atoms with Gasteiger partial charge in [-0.25, -0.2) is 10.7 Å². The summed E-state index contributed by atoms with van der Waals surface area (Å²) in [6.07, 6.45) is 4.97. The van der Waals surface area contributed by atoms with Gasteiger partial charge in [0.25, 0.3) is 0 Å². The molecule has 0 radical (unpaired) electrons. The van der Waals surface area contributed by atoms with Gasteiger partial charge in [-0.1, -0.05) is 60.7 Å². The maximum Gasteiger partial charge on any atom is 0.354 e. The first kappa shape index (κ1) is 21.6. The topological polar surface area (TPSA) is 85.6 Å². The highest BCUT2D eigenvalue weighted by Crippen LogP contribution is 2.36. The molecule has 2 aromatic rings. The molecule has 2 aromatic carbocycles. The summed E-state index contributed by atoms with van der Waals surface area (Å²) >= 11 is 0. The van der Waals surface area contributed by atoms with Crippen LogP contribution in [0.5, 0.6) is 0 Å². The predicted molar refractivity (Wildman–Crippen MR) is 120 cm³/mol. The lowest BCUT2D eigenvalue weighted by atomic mass is 9.81. The van der Waals surface area contributed by atoms with Crippen molar-refractivity contribution in [2.75, 3.05) is 0 Å². The molecule has 0 saturated carbocycles. The van der Waals surface area contributed by atoms with Crippen molar-refractivity contribution in [3.05, 3.63) is 83.1 Å². The molecule has 0 aromatic heterocycles. The molecule has 0 bridgehead atoms. The fourth-order valence-corrected chi connectivity index (χ4v) is 4.78. The summed E-state index contributed by atoms with van der Waals surface area (Å²) in [5, 5.41) is 7.20. The van der Waals surface area contributed by atoms with Crippen molar-refractivity contribution >= 4 is 5.97 Å². The van der Waals surface area contributed by atoms with Gasteiger partial charge >= 0.3 is 5.97 Å².